The van der Waals surface area contributed by atoms with Crippen LogP contribution in [0.4, 0.5) is 10.5 Å². The number of phosphoric ester groups is 1. The molecule has 1 aromatic carbocycles. The Morgan fingerprint density at radius 2 is 1.87 bits per heavy atom. The van der Waals surface area contributed by atoms with Crippen LogP contribution in [-0.2, 0) is 31.6 Å². The summed E-state index contributed by atoms with van der Waals surface area (Å²) in [5.41, 5.74) is 4.87. The first-order valence-electron chi connectivity index (χ1n) is 10.8. The van der Waals surface area contributed by atoms with Gasteiger partial charge in [0.05, 0.1) is 17.6 Å². The molecule has 8 N–H and O–H groups in total. The van der Waals surface area contributed by atoms with Crippen molar-refractivity contribution < 1.29 is 66.0 Å². The average Bonchev–Trinajstić information content (AvgIpc) is 3.14. The maximum atomic E-state index is 12.9. The molecule has 1 aromatic rings. The molecule has 2 aliphatic heterocycles. The predicted octanol–water partition coefficient (Wildman–Crippen LogP) is 0.711. The van der Waals surface area contributed by atoms with Gasteiger partial charge in [-0.1, -0.05) is 25.1 Å². The highest BCUT2D eigenvalue weighted by Crippen LogP contribution is 2.66. The molecule has 19 nitrogen and oxygen atoms in total. The standard InChI is InChI=1S/C17H25N4O15P3/c1-10(11-4-2-3-5-12(11)21(24)25)17(18)6-7-20(16(23)19-17)15-8-13(22)14(34-15)9-33-38(29,30)36-39(31,32)35-37(26,27)28/h2-7,10,13-15,22H,8-9,18H2,1H3,(H,19,23)(H,29,30)(H,31,32)(H2,26,27,28)/t10?,13-,14+,15+,17?/m0/s1. The maximum Gasteiger partial charge on any atom is 0.490 e. The number of carbonyl (C=O) groups is 1. The third kappa shape index (κ3) is 7.99. The van der Waals surface area contributed by atoms with Crippen LogP contribution in [-0.4, -0.2) is 71.2 Å². The summed E-state index contributed by atoms with van der Waals surface area (Å²) in [7, 11) is -16.8. The van der Waals surface area contributed by atoms with Crippen LogP contribution in [0.5, 0.6) is 0 Å². The second kappa shape index (κ2) is 11.4. The molecule has 3 rings (SSSR count). The van der Waals surface area contributed by atoms with Gasteiger partial charge in [-0.15, -0.1) is 0 Å². The van der Waals surface area contributed by atoms with Crippen molar-refractivity contribution in [3.05, 3.63) is 52.2 Å². The number of urea groups is 1. The zero-order chi connectivity index (χ0) is 29.4. The Kier molecular flexibility index (Phi) is 9.21. The molecule has 218 valence electrons. The molecule has 0 saturated carbocycles. The number of rotatable bonds is 11. The summed E-state index contributed by atoms with van der Waals surface area (Å²) in [6, 6.07) is 5.07. The van der Waals surface area contributed by atoms with E-state index in [1.807, 2.05) is 0 Å². The van der Waals surface area contributed by atoms with E-state index >= 15 is 0 Å². The van der Waals surface area contributed by atoms with Crippen molar-refractivity contribution in [1.29, 1.82) is 0 Å². The fourth-order valence-corrected chi connectivity index (χ4v) is 6.86. The van der Waals surface area contributed by atoms with Crippen molar-refractivity contribution in [3.8, 4) is 0 Å². The summed E-state index contributed by atoms with van der Waals surface area (Å²) in [4.78, 5) is 60.6. The number of nitro benzene ring substituents is 1. The Morgan fingerprint density at radius 1 is 1.23 bits per heavy atom. The minimum Gasteiger partial charge on any atom is -0.390 e. The van der Waals surface area contributed by atoms with Gasteiger partial charge in [-0.05, 0) is 6.08 Å². The molecule has 0 bridgehead atoms. The number of aliphatic hydroxyl groups excluding tert-OH is 1. The van der Waals surface area contributed by atoms with Gasteiger partial charge < -0.3 is 40.5 Å². The number of phosphoric acid groups is 3. The van der Waals surface area contributed by atoms with Gasteiger partial charge in [-0.25, -0.2) is 18.5 Å². The number of para-hydroxylation sites is 1. The van der Waals surface area contributed by atoms with E-state index in [9.17, 15) is 43.5 Å². The molecule has 0 spiro atoms. The van der Waals surface area contributed by atoms with E-state index in [1.165, 1.54) is 30.5 Å². The molecule has 4 unspecified atom stereocenters. The Morgan fingerprint density at radius 3 is 2.46 bits per heavy atom. The molecule has 39 heavy (non-hydrogen) atoms. The number of benzene rings is 1. The number of ether oxygens (including phenoxy) is 1. The molecule has 1 fully saturated rings. The molecule has 2 amide bonds. The highest BCUT2D eigenvalue weighted by atomic mass is 31.3. The lowest BCUT2D eigenvalue weighted by atomic mass is 9.86. The molecule has 1 saturated heterocycles. The lowest BCUT2D eigenvalue weighted by Crippen LogP contribution is -2.63. The predicted molar refractivity (Wildman–Crippen MR) is 127 cm³/mol. The first-order valence-corrected chi connectivity index (χ1v) is 15.3. The third-order valence-electron chi connectivity index (χ3n) is 5.72. The van der Waals surface area contributed by atoms with Crippen molar-refractivity contribution in [3.63, 3.8) is 0 Å². The van der Waals surface area contributed by atoms with Crippen molar-refractivity contribution in [2.24, 2.45) is 5.73 Å². The van der Waals surface area contributed by atoms with Crippen LogP contribution in [0.2, 0.25) is 0 Å². The summed E-state index contributed by atoms with van der Waals surface area (Å²) in [5.74, 6) is -0.756. The van der Waals surface area contributed by atoms with Crippen LogP contribution in [0.25, 0.3) is 0 Å². The van der Waals surface area contributed by atoms with Gasteiger partial charge in [0.25, 0.3) is 5.69 Å². The number of nitrogens with one attached hydrogen (secondary N) is 1. The van der Waals surface area contributed by atoms with Crippen molar-refractivity contribution >= 4 is 35.2 Å². The van der Waals surface area contributed by atoms with Crippen LogP contribution in [0.3, 0.4) is 0 Å². The minimum absolute atomic E-state index is 0.194. The molecule has 0 radical (unpaired) electrons. The highest BCUT2D eigenvalue weighted by molar-refractivity contribution is 7.66. The molecule has 2 aliphatic rings. The largest absolute Gasteiger partial charge is 0.490 e. The molecule has 0 aromatic heterocycles. The molecule has 22 heteroatoms. The quantitative estimate of drug-likeness (QED) is 0.102. The molecule has 2 heterocycles. The number of aliphatic hydroxyl groups is 1. The Hall–Kier alpha value is -2.08. The normalized spacial score (nSPS) is 29.4. The van der Waals surface area contributed by atoms with Gasteiger partial charge in [0, 0.05) is 30.2 Å². The zero-order valence-electron chi connectivity index (χ0n) is 19.8. The van der Waals surface area contributed by atoms with E-state index in [4.69, 9.17) is 20.3 Å². The second-order valence-corrected chi connectivity index (χ2v) is 12.9. The van der Waals surface area contributed by atoms with Gasteiger partial charge in [0.2, 0.25) is 0 Å². The highest BCUT2D eigenvalue weighted by Gasteiger charge is 2.46. The smallest absolute Gasteiger partial charge is 0.390 e. The van der Waals surface area contributed by atoms with Crippen LogP contribution >= 0.6 is 23.5 Å². The molecule has 0 aliphatic carbocycles. The Balaban J connectivity index is 1.65. The van der Waals surface area contributed by atoms with Crippen LogP contribution in [0.1, 0.15) is 24.8 Å². The van der Waals surface area contributed by atoms with Gasteiger partial charge in [-0.2, -0.15) is 8.62 Å². The summed E-state index contributed by atoms with van der Waals surface area (Å²) in [5, 5.41) is 24.2. The number of nitrogens with zero attached hydrogens (tertiary/aromatic N) is 2. The lowest BCUT2D eigenvalue weighted by Gasteiger charge is -2.40. The number of hydrogen-bond donors (Lipinski definition) is 7. The van der Waals surface area contributed by atoms with E-state index in [-0.39, 0.29) is 17.7 Å². The first-order chi connectivity index (χ1) is 17.8. The van der Waals surface area contributed by atoms with Gasteiger partial charge in [-0.3, -0.25) is 19.5 Å². The second-order valence-electron chi connectivity index (χ2n) is 8.44. The third-order valence-corrected chi connectivity index (χ3v) is 9.52. The number of carbonyl (C=O) groups excluding carboxylic acids is 1. The monoisotopic (exact) mass is 618 g/mol. The zero-order valence-corrected chi connectivity index (χ0v) is 22.5. The Labute approximate surface area is 219 Å². The van der Waals surface area contributed by atoms with E-state index in [2.05, 4.69) is 18.5 Å². The molecule has 7 atom stereocenters. The number of nitrogens with two attached hydrogens (primary N) is 1. The van der Waals surface area contributed by atoms with E-state index in [0.717, 1.165) is 4.90 Å². The van der Waals surface area contributed by atoms with Gasteiger partial charge in [0.1, 0.15) is 18.0 Å². The number of nitro groups is 1. The van der Waals surface area contributed by atoms with E-state index < -0.39 is 71.0 Å². The lowest BCUT2D eigenvalue weighted by molar-refractivity contribution is -0.385. The van der Waals surface area contributed by atoms with Crippen molar-refractivity contribution in [2.45, 2.75) is 43.4 Å². The van der Waals surface area contributed by atoms with Gasteiger partial charge >= 0.3 is 29.5 Å². The fourth-order valence-electron chi connectivity index (χ4n) is 3.83. The summed E-state index contributed by atoms with van der Waals surface area (Å²) >= 11 is 0. The minimum atomic E-state index is -5.73. The average molecular weight is 618 g/mol. The molecular formula is C17H25N4O15P3. The summed E-state index contributed by atoms with van der Waals surface area (Å²) in [6.45, 7) is 0.660. The van der Waals surface area contributed by atoms with E-state index in [1.54, 1.807) is 13.0 Å². The maximum absolute atomic E-state index is 12.9. The number of hydrogen-bond acceptors (Lipinski definition) is 12. The Bertz CT molecular complexity index is 1290. The first kappa shape index (κ1) is 31.4. The van der Waals surface area contributed by atoms with Gasteiger partial charge in [0.15, 0.2) is 0 Å². The summed E-state index contributed by atoms with van der Waals surface area (Å²) in [6.07, 6.45) is -1.50. The fraction of sp³-hybridized carbons (Fsp3) is 0.471. The topological polar surface area (TPSA) is 291 Å². The van der Waals surface area contributed by atoms with Crippen LogP contribution < -0.4 is 11.1 Å². The van der Waals surface area contributed by atoms with Crippen molar-refractivity contribution in [2.75, 3.05) is 6.61 Å². The van der Waals surface area contributed by atoms with E-state index in [0.29, 0.717) is 0 Å². The number of amides is 2. The van der Waals surface area contributed by atoms with Crippen molar-refractivity contribution in [1.82, 2.24) is 10.2 Å². The molecular weight excluding hydrogens is 593 g/mol. The van der Waals surface area contributed by atoms with Crippen LogP contribution in [0, 0.1) is 10.1 Å². The van der Waals surface area contributed by atoms with Crippen LogP contribution in [0.15, 0.2) is 36.5 Å². The summed E-state index contributed by atoms with van der Waals surface area (Å²) < 4.78 is 51.2. The SMILES string of the molecule is CC(c1ccccc1[N+](=O)[O-])C1(N)C=CN([C@H]2C[C@H](O)[C@@H](COP(=O)(O)OP(=O)(O)OP(=O)(O)O)O2)C(=O)N1.